The largest absolute Gasteiger partial charge is 0.350 e. The average molecular weight is 560 g/mol. The van der Waals surface area contributed by atoms with Gasteiger partial charge in [-0.05, 0) is 23.8 Å². The number of nitrogens with zero attached hydrogens (tertiary/aromatic N) is 3. The average Bonchev–Trinajstić information content (AvgIpc) is 2.80. The van der Waals surface area contributed by atoms with Crippen LogP contribution in [0, 0.1) is 0 Å². The summed E-state index contributed by atoms with van der Waals surface area (Å²) in [6.07, 6.45) is 0. The van der Waals surface area contributed by atoms with Gasteiger partial charge in [0, 0.05) is 13.1 Å². The standard InChI is InChI=1S/C18H21N7O8S3/c19-9-15(34(26)27)22-18-24-16(20-10-11-4-2-1-3-5-11)23-17(25-18)21-13-8-12(35(28,29)30)6-7-14(13)36(31,32)33/h1-8,15H,9-10,19H2,(H,26,27)(H,28,29,30)(H,31,32,33)(H3,20,21,22,23,24,25). The highest BCUT2D eigenvalue weighted by Crippen LogP contribution is 2.27. The van der Waals surface area contributed by atoms with Crippen molar-refractivity contribution in [3.63, 3.8) is 0 Å². The first-order valence-electron chi connectivity index (χ1n) is 9.83. The molecule has 0 saturated heterocycles. The Morgan fingerprint density at radius 3 is 2.14 bits per heavy atom. The highest BCUT2D eigenvalue weighted by atomic mass is 32.2. The summed E-state index contributed by atoms with van der Waals surface area (Å²) in [5, 5.41) is 6.76. The fourth-order valence-electron chi connectivity index (χ4n) is 2.80. The molecule has 0 aliphatic rings. The van der Waals surface area contributed by atoms with Crippen molar-refractivity contribution in [2.45, 2.75) is 21.7 Å². The zero-order chi connectivity index (χ0) is 26.5. The molecule has 0 bridgehead atoms. The summed E-state index contributed by atoms with van der Waals surface area (Å²) >= 11 is -2.40. The van der Waals surface area contributed by atoms with E-state index in [1.807, 2.05) is 30.3 Å². The van der Waals surface area contributed by atoms with E-state index in [2.05, 4.69) is 30.9 Å². The summed E-state index contributed by atoms with van der Waals surface area (Å²) < 4.78 is 86.4. The predicted octanol–water partition coefficient (Wildman–Crippen LogP) is 0.639. The first-order chi connectivity index (χ1) is 16.9. The lowest BCUT2D eigenvalue weighted by Gasteiger charge is -2.16. The van der Waals surface area contributed by atoms with Crippen LogP contribution in [0.2, 0.25) is 0 Å². The third kappa shape index (κ3) is 7.37. The van der Waals surface area contributed by atoms with Crippen molar-refractivity contribution in [3.05, 3.63) is 54.1 Å². The van der Waals surface area contributed by atoms with Gasteiger partial charge in [0.1, 0.15) is 10.3 Å². The molecule has 0 fully saturated rings. The van der Waals surface area contributed by atoms with Gasteiger partial charge in [0.05, 0.1) is 10.6 Å². The first kappa shape index (κ1) is 27.3. The van der Waals surface area contributed by atoms with Crippen molar-refractivity contribution >= 4 is 54.8 Å². The summed E-state index contributed by atoms with van der Waals surface area (Å²) in [5.74, 6) is -0.641. The lowest BCUT2D eigenvalue weighted by atomic mass is 10.2. The van der Waals surface area contributed by atoms with Crippen LogP contribution in [0.15, 0.2) is 58.3 Å². The van der Waals surface area contributed by atoms with Crippen LogP contribution in [-0.4, -0.2) is 61.6 Å². The highest BCUT2D eigenvalue weighted by molar-refractivity contribution is 7.86. The fraction of sp³-hybridized carbons (Fsp3) is 0.167. The molecule has 0 saturated carbocycles. The second kappa shape index (κ2) is 11.2. The molecule has 3 rings (SSSR count). The molecular formula is C18H21N7O8S3. The van der Waals surface area contributed by atoms with Gasteiger partial charge in [-0.15, -0.1) is 0 Å². The molecule has 36 heavy (non-hydrogen) atoms. The molecule has 194 valence electrons. The Kier molecular flexibility index (Phi) is 8.51. The van der Waals surface area contributed by atoms with Crippen molar-refractivity contribution in [3.8, 4) is 0 Å². The maximum absolute atomic E-state index is 11.8. The minimum Gasteiger partial charge on any atom is -0.350 e. The normalized spacial score (nSPS) is 13.6. The molecule has 0 aliphatic heterocycles. The van der Waals surface area contributed by atoms with Crippen LogP contribution in [0.25, 0.3) is 0 Å². The lowest BCUT2D eigenvalue weighted by molar-refractivity contribution is 0.479. The van der Waals surface area contributed by atoms with Crippen LogP contribution in [0.3, 0.4) is 0 Å². The number of anilines is 4. The second-order valence-corrected chi connectivity index (χ2v) is 11.0. The third-order valence-corrected chi connectivity index (χ3v) is 7.01. The lowest BCUT2D eigenvalue weighted by Crippen LogP contribution is -2.33. The van der Waals surface area contributed by atoms with Crippen molar-refractivity contribution in [2.75, 3.05) is 22.5 Å². The zero-order valence-electron chi connectivity index (χ0n) is 18.1. The number of hydrogen-bond donors (Lipinski definition) is 7. The highest BCUT2D eigenvalue weighted by Gasteiger charge is 2.22. The van der Waals surface area contributed by atoms with E-state index in [-0.39, 0.29) is 30.9 Å². The number of nitrogens with two attached hydrogens (primary N) is 1. The van der Waals surface area contributed by atoms with Crippen LogP contribution in [-0.2, 0) is 37.9 Å². The monoisotopic (exact) mass is 559 g/mol. The van der Waals surface area contributed by atoms with E-state index in [1.165, 1.54) is 0 Å². The minimum absolute atomic E-state index is 0.0577. The smallest absolute Gasteiger partial charge is 0.296 e. The number of hydrogen-bond acceptors (Lipinski definition) is 12. The van der Waals surface area contributed by atoms with E-state index in [9.17, 15) is 34.7 Å². The molecule has 18 heteroatoms. The maximum atomic E-state index is 11.8. The summed E-state index contributed by atoms with van der Waals surface area (Å²) in [6.45, 7) is -0.0157. The van der Waals surface area contributed by atoms with Crippen LogP contribution < -0.4 is 21.7 Å². The van der Waals surface area contributed by atoms with E-state index >= 15 is 0 Å². The fourth-order valence-corrected chi connectivity index (χ4v) is 4.31. The van der Waals surface area contributed by atoms with Gasteiger partial charge in [-0.25, -0.2) is 4.21 Å². The Hall–Kier alpha value is -3.26. The third-order valence-electron chi connectivity index (χ3n) is 4.45. The van der Waals surface area contributed by atoms with Crippen molar-refractivity contribution in [1.82, 2.24) is 15.0 Å². The number of nitrogens with one attached hydrogen (secondary N) is 3. The molecule has 0 spiro atoms. The topological polar surface area (TPSA) is 247 Å². The van der Waals surface area contributed by atoms with E-state index in [1.54, 1.807) is 0 Å². The summed E-state index contributed by atoms with van der Waals surface area (Å²) in [4.78, 5) is 10.8. The van der Waals surface area contributed by atoms with Gasteiger partial charge in [-0.3, -0.25) is 9.11 Å². The van der Waals surface area contributed by atoms with E-state index in [0.717, 1.165) is 23.8 Å². The minimum atomic E-state index is -4.85. The zero-order valence-corrected chi connectivity index (χ0v) is 20.6. The van der Waals surface area contributed by atoms with Crippen molar-refractivity contribution in [1.29, 1.82) is 0 Å². The molecule has 0 amide bonds. The SMILES string of the molecule is NCC(Nc1nc(NCc2ccccc2)nc(Nc2cc(S(=O)(=O)O)ccc2S(=O)(=O)O)n1)S(=O)O. The van der Waals surface area contributed by atoms with Crippen LogP contribution >= 0.6 is 0 Å². The Bertz CT molecular complexity index is 1470. The maximum Gasteiger partial charge on any atom is 0.296 e. The summed E-state index contributed by atoms with van der Waals surface area (Å²) in [7, 11) is -9.58. The quantitative estimate of drug-likeness (QED) is 0.126. The molecular weight excluding hydrogens is 538 g/mol. The number of aromatic nitrogens is 3. The first-order valence-corrected chi connectivity index (χ1v) is 13.9. The van der Waals surface area contributed by atoms with Gasteiger partial charge < -0.3 is 26.2 Å². The molecule has 15 nitrogen and oxygen atoms in total. The van der Waals surface area contributed by atoms with E-state index in [4.69, 9.17) is 5.73 Å². The number of rotatable bonds is 11. The number of benzene rings is 2. The molecule has 1 aromatic heterocycles. The van der Waals surface area contributed by atoms with Gasteiger partial charge in [0.15, 0.2) is 11.1 Å². The van der Waals surface area contributed by atoms with Gasteiger partial charge in [0.2, 0.25) is 17.8 Å². The Morgan fingerprint density at radius 1 is 0.917 bits per heavy atom. The molecule has 0 aliphatic carbocycles. The van der Waals surface area contributed by atoms with E-state index < -0.39 is 52.2 Å². The van der Waals surface area contributed by atoms with E-state index in [0.29, 0.717) is 0 Å². The van der Waals surface area contributed by atoms with Gasteiger partial charge in [0.25, 0.3) is 20.2 Å². The van der Waals surface area contributed by atoms with Crippen molar-refractivity contribution in [2.24, 2.45) is 5.73 Å². The summed E-state index contributed by atoms with van der Waals surface area (Å²) in [6, 6.07) is 11.4. The second-order valence-electron chi connectivity index (χ2n) is 7.02. The molecule has 2 atom stereocenters. The van der Waals surface area contributed by atoms with Gasteiger partial charge in [-0.1, -0.05) is 30.3 Å². The molecule has 8 N–H and O–H groups in total. The van der Waals surface area contributed by atoms with Gasteiger partial charge in [-0.2, -0.15) is 31.8 Å². The van der Waals surface area contributed by atoms with Crippen LogP contribution in [0.5, 0.6) is 0 Å². The molecule has 0 radical (unpaired) electrons. The molecule has 3 aromatic rings. The molecule has 1 heterocycles. The molecule has 2 unspecified atom stereocenters. The Morgan fingerprint density at radius 2 is 1.56 bits per heavy atom. The summed E-state index contributed by atoms with van der Waals surface area (Å²) in [5.41, 5.74) is 5.86. The van der Waals surface area contributed by atoms with Crippen LogP contribution in [0.4, 0.5) is 23.5 Å². The van der Waals surface area contributed by atoms with Gasteiger partial charge >= 0.3 is 0 Å². The van der Waals surface area contributed by atoms with Crippen LogP contribution in [0.1, 0.15) is 5.56 Å². The Balaban J connectivity index is 2.04. The predicted molar refractivity (Wildman–Crippen MR) is 130 cm³/mol. The Labute approximate surface area is 208 Å². The van der Waals surface area contributed by atoms with Crippen molar-refractivity contribution < 1.29 is 34.7 Å². The molecule has 2 aromatic carbocycles.